The number of carbonyl (C=O) groups is 2. The van der Waals surface area contributed by atoms with E-state index in [1.165, 1.54) is 0 Å². The highest BCUT2D eigenvalue weighted by molar-refractivity contribution is 7.98. The fourth-order valence-electron chi connectivity index (χ4n) is 1.58. The molecule has 1 unspecified atom stereocenters. The smallest absolute Gasteiger partial charge is 0.312 e. The highest BCUT2D eigenvalue weighted by Crippen LogP contribution is 2.17. The Morgan fingerprint density at radius 2 is 1.90 bits per heavy atom. The van der Waals surface area contributed by atoms with Gasteiger partial charge in [0.05, 0.1) is 0 Å². The highest BCUT2D eigenvalue weighted by Gasteiger charge is 2.19. The van der Waals surface area contributed by atoms with Gasteiger partial charge in [0.2, 0.25) is 5.91 Å². The third-order valence-electron chi connectivity index (χ3n) is 2.60. The van der Waals surface area contributed by atoms with Crippen LogP contribution in [0.2, 0.25) is 0 Å². The standard InChI is InChI=1S/C13H19N3O2S2/c1-19-8-7-11(16-13(14)18)12(17)15-9-3-5-10(20-2)6-4-9/h3-6,11H,7-8H2,1-2H3,(H,15,17)(H3,14,16,18). The fourth-order valence-corrected chi connectivity index (χ4v) is 2.46. The molecule has 1 rings (SSSR count). The summed E-state index contributed by atoms with van der Waals surface area (Å²) in [6.45, 7) is 0. The molecule has 0 spiro atoms. The monoisotopic (exact) mass is 313 g/mol. The Morgan fingerprint density at radius 1 is 1.25 bits per heavy atom. The summed E-state index contributed by atoms with van der Waals surface area (Å²) in [5.41, 5.74) is 5.80. The van der Waals surface area contributed by atoms with Crippen molar-refractivity contribution in [2.24, 2.45) is 5.73 Å². The zero-order chi connectivity index (χ0) is 15.0. The van der Waals surface area contributed by atoms with Crippen LogP contribution in [-0.2, 0) is 4.79 Å². The molecule has 1 atom stereocenters. The van der Waals surface area contributed by atoms with Gasteiger partial charge in [-0.2, -0.15) is 11.8 Å². The van der Waals surface area contributed by atoms with Crippen molar-refractivity contribution in [3.8, 4) is 0 Å². The molecular weight excluding hydrogens is 294 g/mol. The normalized spacial score (nSPS) is 11.7. The number of benzene rings is 1. The number of amides is 3. The van der Waals surface area contributed by atoms with Gasteiger partial charge in [-0.3, -0.25) is 4.79 Å². The predicted molar refractivity (Wildman–Crippen MR) is 86.4 cm³/mol. The van der Waals surface area contributed by atoms with E-state index in [9.17, 15) is 9.59 Å². The molecule has 1 aromatic rings. The Hall–Kier alpha value is -1.34. The SMILES string of the molecule is CSCCC(NC(N)=O)C(=O)Nc1ccc(SC)cc1. The van der Waals surface area contributed by atoms with E-state index in [0.717, 1.165) is 10.6 Å². The molecule has 0 aliphatic rings. The zero-order valence-corrected chi connectivity index (χ0v) is 13.1. The highest BCUT2D eigenvalue weighted by atomic mass is 32.2. The van der Waals surface area contributed by atoms with E-state index in [1.54, 1.807) is 23.5 Å². The topological polar surface area (TPSA) is 84.2 Å². The minimum atomic E-state index is -0.691. The predicted octanol–water partition coefficient (Wildman–Crippen LogP) is 2.14. The van der Waals surface area contributed by atoms with Gasteiger partial charge >= 0.3 is 6.03 Å². The number of hydrogen-bond acceptors (Lipinski definition) is 4. The van der Waals surface area contributed by atoms with Crippen LogP contribution in [0.4, 0.5) is 10.5 Å². The lowest BCUT2D eigenvalue weighted by molar-refractivity contribution is -0.117. The molecule has 0 bridgehead atoms. The van der Waals surface area contributed by atoms with Gasteiger partial charge in [0, 0.05) is 10.6 Å². The summed E-state index contributed by atoms with van der Waals surface area (Å²) in [4.78, 5) is 24.2. The van der Waals surface area contributed by atoms with Crippen molar-refractivity contribution >= 4 is 41.1 Å². The molecule has 0 fully saturated rings. The van der Waals surface area contributed by atoms with E-state index >= 15 is 0 Å². The number of nitrogens with one attached hydrogen (secondary N) is 2. The molecule has 4 N–H and O–H groups in total. The van der Waals surface area contributed by atoms with Crippen LogP contribution < -0.4 is 16.4 Å². The lowest BCUT2D eigenvalue weighted by Crippen LogP contribution is -2.46. The van der Waals surface area contributed by atoms with Crippen LogP contribution in [0.25, 0.3) is 0 Å². The van der Waals surface area contributed by atoms with Gasteiger partial charge in [-0.25, -0.2) is 4.79 Å². The van der Waals surface area contributed by atoms with Gasteiger partial charge in [-0.1, -0.05) is 0 Å². The molecule has 20 heavy (non-hydrogen) atoms. The molecule has 5 nitrogen and oxygen atoms in total. The molecule has 0 heterocycles. The first kappa shape index (κ1) is 16.7. The van der Waals surface area contributed by atoms with Crippen molar-refractivity contribution < 1.29 is 9.59 Å². The van der Waals surface area contributed by atoms with Crippen LogP contribution in [0.5, 0.6) is 0 Å². The van der Waals surface area contributed by atoms with Crippen LogP contribution in [0, 0.1) is 0 Å². The second kappa shape index (κ2) is 8.76. The Labute approximate surface area is 127 Å². The third kappa shape index (κ3) is 5.75. The zero-order valence-electron chi connectivity index (χ0n) is 11.5. The number of nitrogens with two attached hydrogens (primary N) is 1. The Balaban J connectivity index is 2.65. The van der Waals surface area contributed by atoms with Gasteiger partial charge in [-0.15, -0.1) is 11.8 Å². The first-order chi connectivity index (χ1) is 9.56. The van der Waals surface area contributed by atoms with E-state index in [2.05, 4.69) is 10.6 Å². The minimum absolute atomic E-state index is 0.255. The minimum Gasteiger partial charge on any atom is -0.352 e. The molecule has 0 saturated carbocycles. The van der Waals surface area contributed by atoms with Gasteiger partial charge in [-0.05, 0) is 49.0 Å². The van der Waals surface area contributed by atoms with E-state index in [4.69, 9.17) is 5.73 Å². The lowest BCUT2D eigenvalue weighted by Gasteiger charge is -2.17. The quantitative estimate of drug-likeness (QED) is 0.673. The molecule has 7 heteroatoms. The van der Waals surface area contributed by atoms with Crippen molar-refractivity contribution in [3.05, 3.63) is 24.3 Å². The van der Waals surface area contributed by atoms with Crippen LogP contribution in [-0.4, -0.2) is 36.2 Å². The second-order valence-corrected chi connectivity index (χ2v) is 5.93. The van der Waals surface area contributed by atoms with E-state index < -0.39 is 12.1 Å². The summed E-state index contributed by atoms with van der Waals surface area (Å²) in [6, 6.07) is 6.22. The van der Waals surface area contributed by atoms with Crippen LogP contribution in [0.3, 0.4) is 0 Å². The van der Waals surface area contributed by atoms with Crippen molar-refractivity contribution in [2.45, 2.75) is 17.4 Å². The lowest BCUT2D eigenvalue weighted by atomic mass is 10.2. The summed E-state index contributed by atoms with van der Waals surface area (Å²) in [5.74, 6) is 0.513. The molecule has 0 aliphatic carbocycles. The van der Waals surface area contributed by atoms with Crippen molar-refractivity contribution in [3.63, 3.8) is 0 Å². The summed E-state index contributed by atoms with van der Waals surface area (Å²) < 4.78 is 0. The van der Waals surface area contributed by atoms with E-state index in [0.29, 0.717) is 12.1 Å². The van der Waals surface area contributed by atoms with E-state index in [-0.39, 0.29) is 5.91 Å². The van der Waals surface area contributed by atoms with Gasteiger partial charge in [0.1, 0.15) is 6.04 Å². The number of rotatable bonds is 7. The Kier molecular flexibility index (Phi) is 7.32. The Morgan fingerprint density at radius 3 is 2.40 bits per heavy atom. The maximum atomic E-state index is 12.1. The largest absolute Gasteiger partial charge is 0.352 e. The summed E-state index contributed by atoms with van der Waals surface area (Å²) in [7, 11) is 0. The van der Waals surface area contributed by atoms with E-state index in [1.807, 2.05) is 36.8 Å². The average Bonchev–Trinajstić information content (AvgIpc) is 2.43. The molecular formula is C13H19N3O2S2. The number of anilines is 1. The van der Waals surface area contributed by atoms with Crippen molar-refractivity contribution in [2.75, 3.05) is 23.6 Å². The molecule has 1 aromatic carbocycles. The Bertz CT molecular complexity index is 451. The van der Waals surface area contributed by atoms with Crippen LogP contribution in [0.15, 0.2) is 29.2 Å². The molecule has 0 radical (unpaired) electrons. The second-order valence-electron chi connectivity index (χ2n) is 4.06. The van der Waals surface area contributed by atoms with Gasteiger partial charge in [0.25, 0.3) is 0 Å². The molecule has 3 amide bonds. The summed E-state index contributed by atoms with van der Waals surface area (Å²) >= 11 is 3.24. The van der Waals surface area contributed by atoms with Gasteiger partial charge in [0.15, 0.2) is 0 Å². The number of hydrogen-bond donors (Lipinski definition) is 3. The average molecular weight is 313 g/mol. The van der Waals surface area contributed by atoms with Gasteiger partial charge < -0.3 is 16.4 Å². The number of thioether (sulfide) groups is 2. The maximum Gasteiger partial charge on any atom is 0.312 e. The number of carbonyl (C=O) groups excluding carboxylic acids is 2. The summed E-state index contributed by atoms with van der Waals surface area (Å²) in [5, 5.41) is 5.25. The fraction of sp³-hybridized carbons (Fsp3) is 0.385. The molecule has 0 aliphatic heterocycles. The summed E-state index contributed by atoms with van der Waals surface area (Å²) in [6.07, 6.45) is 4.47. The van der Waals surface area contributed by atoms with Crippen LogP contribution >= 0.6 is 23.5 Å². The number of urea groups is 1. The first-order valence-corrected chi connectivity index (χ1v) is 8.68. The first-order valence-electron chi connectivity index (χ1n) is 6.06. The maximum absolute atomic E-state index is 12.1. The molecule has 0 aromatic heterocycles. The third-order valence-corrected chi connectivity index (χ3v) is 3.99. The van der Waals surface area contributed by atoms with Crippen molar-refractivity contribution in [1.82, 2.24) is 5.32 Å². The number of primary amides is 1. The molecule has 0 saturated heterocycles. The van der Waals surface area contributed by atoms with Crippen LogP contribution in [0.1, 0.15) is 6.42 Å². The van der Waals surface area contributed by atoms with Crippen molar-refractivity contribution in [1.29, 1.82) is 0 Å². The molecule has 110 valence electrons.